The van der Waals surface area contributed by atoms with Crippen LogP contribution in [0.2, 0.25) is 0 Å². The Kier molecular flexibility index (Phi) is 5.81. The van der Waals surface area contributed by atoms with E-state index in [0.29, 0.717) is 22.4 Å². The molecule has 0 unspecified atom stereocenters. The fourth-order valence-corrected chi connectivity index (χ4v) is 4.46. The molecule has 1 aliphatic heterocycles. The molecule has 2 aromatic heterocycles. The molecular formula is C24H27N3O3S. The number of ether oxygens (including phenoxy) is 1. The summed E-state index contributed by atoms with van der Waals surface area (Å²) in [5, 5.41) is 1.02. The highest BCUT2D eigenvalue weighted by atomic mass is 32.1. The molecule has 3 heterocycles. The lowest BCUT2D eigenvalue weighted by molar-refractivity contribution is -0.120. The molecular weight excluding hydrogens is 410 g/mol. The molecule has 162 valence electrons. The predicted octanol–water partition coefficient (Wildman–Crippen LogP) is 2.06. The van der Waals surface area contributed by atoms with E-state index in [0.717, 1.165) is 35.4 Å². The number of ketones is 1. The van der Waals surface area contributed by atoms with Crippen LogP contribution < -0.4 is 19.7 Å². The van der Waals surface area contributed by atoms with Crippen molar-refractivity contribution >= 4 is 46.0 Å². The molecule has 4 rings (SSSR count). The number of morpholine rings is 1. The highest BCUT2D eigenvalue weighted by Crippen LogP contribution is 2.25. The Labute approximate surface area is 185 Å². The number of hydrogen-bond donors (Lipinski definition) is 0. The zero-order valence-corrected chi connectivity index (χ0v) is 19.2. The zero-order chi connectivity index (χ0) is 22.2. The minimum absolute atomic E-state index is 0.00252. The van der Waals surface area contributed by atoms with E-state index in [4.69, 9.17) is 9.72 Å². The van der Waals surface area contributed by atoms with E-state index in [1.807, 2.05) is 51.1 Å². The van der Waals surface area contributed by atoms with Gasteiger partial charge in [-0.15, -0.1) is 11.3 Å². The molecule has 1 fully saturated rings. The average Bonchev–Trinajstić information content (AvgIpc) is 3.01. The quantitative estimate of drug-likeness (QED) is 0.628. The van der Waals surface area contributed by atoms with Gasteiger partial charge in [0.2, 0.25) is 0 Å². The molecule has 0 radical (unpaired) electrons. The maximum Gasteiger partial charge on any atom is 0.268 e. The predicted molar refractivity (Wildman–Crippen MR) is 126 cm³/mol. The number of carbonyl (C=O) groups excluding carboxylic acids is 1. The van der Waals surface area contributed by atoms with Crippen LogP contribution in [-0.2, 0) is 16.6 Å². The summed E-state index contributed by atoms with van der Waals surface area (Å²) >= 11 is 1.33. The van der Waals surface area contributed by atoms with E-state index in [2.05, 4.69) is 11.0 Å². The molecule has 0 bridgehead atoms. The Morgan fingerprint density at radius 1 is 1.19 bits per heavy atom. The van der Waals surface area contributed by atoms with Gasteiger partial charge in [0.15, 0.2) is 5.78 Å². The smallest absolute Gasteiger partial charge is 0.268 e. The van der Waals surface area contributed by atoms with Gasteiger partial charge >= 0.3 is 0 Å². The number of benzene rings is 1. The maximum absolute atomic E-state index is 12.9. The van der Waals surface area contributed by atoms with Crippen LogP contribution in [0, 0.1) is 5.41 Å². The molecule has 0 aliphatic carbocycles. The first-order chi connectivity index (χ1) is 14.7. The molecule has 0 saturated carbocycles. The van der Waals surface area contributed by atoms with Crippen LogP contribution in [0.25, 0.3) is 23.1 Å². The highest BCUT2D eigenvalue weighted by molar-refractivity contribution is 7.07. The van der Waals surface area contributed by atoms with Gasteiger partial charge in [-0.2, -0.15) is 0 Å². The normalized spacial score (nSPS) is 16.3. The summed E-state index contributed by atoms with van der Waals surface area (Å²) in [6.07, 6.45) is 3.47. The van der Waals surface area contributed by atoms with Crippen molar-refractivity contribution in [3.63, 3.8) is 0 Å². The minimum Gasteiger partial charge on any atom is -0.378 e. The molecule has 1 aromatic carbocycles. The summed E-state index contributed by atoms with van der Waals surface area (Å²) in [4.78, 5) is 32.5. The van der Waals surface area contributed by atoms with Crippen LogP contribution >= 0.6 is 11.3 Å². The number of aromatic nitrogens is 2. The molecule has 0 spiro atoms. The van der Waals surface area contributed by atoms with Gasteiger partial charge in [0, 0.05) is 42.6 Å². The third-order valence-corrected chi connectivity index (χ3v) is 6.50. The van der Waals surface area contributed by atoms with Gasteiger partial charge in [-0.25, -0.2) is 4.98 Å². The SMILES string of the molecule is Cn1c(=O)/c(=C\c2cc3ccccc3nc2N2CCOCC2)s/c1=C\C(=O)C(C)(C)C. The summed E-state index contributed by atoms with van der Waals surface area (Å²) < 4.78 is 8.28. The second-order valence-corrected chi connectivity index (χ2v) is 9.83. The van der Waals surface area contributed by atoms with Gasteiger partial charge in [0.25, 0.3) is 5.56 Å². The van der Waals surface area contributed by atoms with Crippen LogP contribution in [-0.4, -0.2) is 41.6 Å². The van der Waals surface area contributed by atoms with Gasteiger partial charge in [0.05, 0.1) is 23.3 Å². The molecule has 1 saturated heterocycles. The van der Waals surface area contributed by atoms with E-state index >= 15 is 0 Å². The third-order valence-electron chi connectivity index (χ3n) is 5.38. The molecule has 1 aliphatic rings. The van der Waals surface area contributed by atoms with Gasteiger partial charge in [-0.3, -0.25) is 9.59 Å². The third kappa shape index (κ3) is 4.48. The number of carbonyl (C=O) groups is 1. The topological polar surface area (TPSA) is 64.4 Å². The van der Waals surface area contributed by atoms with Gasteiger partial charge in [-0.05, 0) is 18.2 Å². The highest BCUT2D eigenvalue weighted by Gasteiger charge is 2.20. The van der Waals surface area contributed by atoms with E-state index in [1.54, 1.807) is 17.7 Å². The van der Waals surface area contributed by atoms with Crippen molar-refractivity contribution < 1.29 is 9.53 Å². The first-order valence-electron chi connectivity index (χ1n) is 10.4. The summed E-state index contributed by atoms with van der Waals surface area (Å²) in [5.74, 6) is 0.853. The summed E-state index contributed by atoms with van der Waals surface area (Å²) in [7, 11) is 1.71. The summed E-state index contributed by atoms with van der Waals surface area (Å²) in [6, 6.07) is 10.1. The minimum atomic E-state index is -0.490. The lowest BCUT2D eigenvalue weighted by Crippen LogP contribution is -2.37. The number of thiazole rings is 1. The van der Waals surface area contributed by atoms with Crippen molar-refractivity contribution in [2.45, 2.75) is 20.8 Å². The summed E-state index contributed by atoms with van der Waals surface area (Å²) in [5.41, 5.74) is 1.22. The van der Waals surface area contributed by atoms with Crippen LogP contribution in [0.15, 0.2) is 35.1 Å². The Balaban J connectivity index is 1.89. The fourth-order valence-electron chi connectivity index (χ4n) is 3.43. The molecule has 6 nitrogen and oxygen atoms in total. The molecule has 31 heavy (non-hydrogen) atoms. The largest absolute Gasteiger partial charge is 0.378 e. The number of hydrogen-bond acceptors (Lipinski definition) is 6. The van der Waals surface area contributed by atoms with Gasteiger partial charge in [-0.1, -0.05) is 39.0 Å². The molecule has 3 aromatic rings. The van der Waals surface area contributed by atoms with Crippen molar-refractivity contribution in [3.05, 3.63) is 55.4 Å². The second-order valence-electron chi connectivity index (χ2n) is 8.76. The Bertz CT molecular complexity index is 1310. The maximum atomic E-state index is 12.9. The van der Waals surface area contributed by atoms with Crippen molar-refractivity contribution in [1.29, 1.82) is 0 Å². The van der Waals surface area contributed by atoms with Gasteiger partial charge in [0.1, 0.15) is 10.5 Å². The van der Waals surface area contributed by atoms with Crippen LogP contribution in [0.1, 0.15) is 26.3 Å². The Morgan fingerprint density at radius 2 is 1.90 bits per heavy atom. The van der Waals surface area contributed by atoms with Crippen molar-refractivity contribution in [2.24, 2.45) is 12.5 Å². The fraction of sp³-hybridized carbons (Fsp3) is 0.375. The lowest BCUT2D eigenvalue weighted by atomic mass is 9.91. The van der Waals surface area contributed by atoms with E-state index in [-0.39, 0.29) is 11.3 Å². The number of Topliss-reactive ketones (excluding diaryl/α,β-unsaturated/α-hetero) is 1. The standard InChI is InChI=1S/C24H27N3O3S/c1-24(2,3)20(28)15-21-26(4)23(29)19(31-21)14-17-13-16-7-5-6-8-18(16)25-22(17)27-9-11-30-12-10-27/h5-8,13-15H,9-12H2,1-4H3/b19-14+,21-15-. The van der Waals surface area contributed by atoms with E-state index in [1.165, 1.54) is 11.3 Å². The Morgan fingerprint density at radius 3 is 2.61 bits per heavy atom. The van der Waals surface area contributed by atoms with E-state index in [9.17, 15) is 9.59 Å². The lowest BCUT2D eigenvalue weighted by Gasteiger charge is -2.29. The monoisotopic (exact) mass is 437 g/mol. The van der Waals surface area contributed by atoms with Crippen molar-refractivity contribution in [3.8, 4) is 0 Å². The zero-order valence-electron chi connectivity index (χ0n) is 18.3. The van der Waals surface area contributed by atoms with Crippen LogP contribution in [0.4, 0.5) is 5.82 Å². The number of pyridine rings is 1. The number of fused-ring (bicyclic) bond motifs is 1. The summed E-state index contributed by atoms with van der Waals surface area (Å²) in [6.45, 7) is 8.45. The van der Waals surface area contributed by atoms with Gasteiger partial charge < -0.3 is 14.2 Å². The first-order valence-corrected chi connectivity index (χ1v) is 11.2. The number of anilines is 1. The number of para-hydroxylation sites is 1. The molecule has 0 N–H and O–H groups in total. The second kappa shape index (κ2) is 8.40. The van der Waals surface area contributed by atoms with Crippen molar-refractivity contribution in [2.75, 3.05) is 31.2 Å². The average molecular weight is 438 g/mol. The van der Waals surface area contributed by atoms with Crippen molar-refractivity contribution in [1.82, 2.24) is 9.55 Å². The first kappa shape index (κ1) is 21.5. The molecule has 0 atom stereocenters. The number of rotatable bonds is 3. The number of nitrogens with zero attached hydrogens (tertiary/aromatic N) is 3. The van der Waals surface area contributed by atoms with E-state index < -0.39 is 5.41 Å². The Hall–Kier alpha value is -2.77. The van der Waals surface area contributed by atoms with Crippen LogP contribution in [0.3, 0.4) is 0 Å². The molecule has 7 heteroatoms. The molecule has 0 amide bonds. The van der Waals surface area contributed by atoms with Crippen LogP contribution in [0.5, 0.6) is 0 Å².